The molecule has 13 heteroatoms. The van der Waals surface area contributed by atoms with Gasteiger partial charge in [-0.05, 0) is 72.2 Å². The first-order chi connectivity index (χ1) is 23.9. The first kappa shape index (κ1) is 35.0. The number of piperidine rings is 1. The highest BCUT2D eigenvalue weighted by Gasteiger charge is 2.53. The van der Waals surface area contributed by atoms with Crippen LogP contribution in [0, 0.1) is 23.7 Å². The Labute approximate surface area is 288 Å². The fourth-order valence-corrected chi connectivity index (χ4v) is 7.66. The number of fused-ring (bicyclic) bond motifs is 5. The molecule has 2 aromatic rings. The molecule has 3 aliphatic heterocycles. The Bertz CT molecular complexity index is 1650. The number of ether oxygens (including phenoxy) is 2. The molecule has 266 valence electrons. The average Bonchev–Trinajstić information content (AvgIpc) is 3.84. The molecule has 5 aliphatic rings. The summed E-state index contributed by atoms with van der Waals surface area (Å²) in [5.74, 6) is 11.5. The molecular weight excluding hydrogens is 650 g/mol. The van der Waals surface area contributed by atoms with Crippen molar-refractivity contribution in [2.45, 2.75) is 97.7 Å². The number of hydrogen-bond acceptors (Lipinski definition) is 12. The molecule has 0 bridgehead atoms. The Morgan fingerprint density at radius 2 is 1.12 bits per heavy atom. The number of rotatable bonds is 3. The van der Waals surface area contributed by atoms with E-state index in [1.165, 1.54) is 0 Å². The molecule has 2 aromatic carbocycles. The number of likely N-dealkylation sites (tertiary alicyclic amines) is 1. The van der Waals surface area contributed by atoms with Crippen LogP contribution in [-0.2, 0) is 19.7 Å². The zero-order valence-corrected chi connectivity index (χ0v) is 27.1. The van der Waals surface area contributed by atoms with Crippen LogP contribution in [0.4, 0.5) is 0 Å². The Morgan fingerprint density at radius 3 is 1.52 bits per heavy atom. The summed E-state index contributed by atoms with van der Waals surface area (Å²) in [6, 6.07) is 11.5. The largest absolute Gasteiger partial charge is 0.394 e. The summed E-state index contributed by atoms with van der Waals surface area (Å²) >= 11 is 0. The summed E-state index contributed by atoms with van der Waals surface area (Å²) in [5.41, 5.74) is 3.24. The van der Waals surface area contributed by atoms with E-state index >= 15 is 0 Å². The quantitative estimate of drug-likeness (QED) is 0.153. The number of carbonyl (C=O) groups is 1. The van der Waals surface area contributed by atoms with Crippen molar-refractivity contribution < 1.29 is 60.2 Å². The number of carbonyl (C=O) groups excluding carboxylic acids is 1. The van der Waals surface area contributed by atoms with Gasteiger partial charge in [0.05, 0.1) is 13.2 Å². The Kier molecular flexibility index (Phi) is 9.31. The van der Waals surface area contributed by atoms with Crippen molar-refractivity contribution in [3.63, 3.8) is 0 Å². The number of aliphatic hydroxyl groups is 9. The van der Waals surface area contributed by atoms with Gasteiger partial charge in [-0.2, -0.15) is 0 Å². The minimum atomic E-state index is -1.54. The molecule has 0 radical (unpaired) electrons. The molecule has 3 saturated heterocycles. The number of amides is 1. The van der Waals surface area contributed by atoms with E-state index in [2.05, 4.69) is 23.7 Å². The molecule has 10 atom stereocenters. The highest BCUT2D eigenvalue weighted by molar-refractivity contribution is 5.88. The van der Waals surface area contributed by atoms with Crippen molar-refractivity contribution in [3.05, 3.63) is 58.7 Å². The molecule has 2 aliphatic carbocycles. The van der Waals surface area contributed by atoms with Crippen LogP contribution >= 0.6 is 0 Å². The Morgan fingerprint density at radius 1 is 0.680 bits per heavy atom. The van der Waals surface area contributed by atoms with Gasteiger partial charge < -0.3 is 60.3 Å². The smallest absolute Gasteiger partial charge is 0.254 e. The third-order valence-corrected chi connectivity index (χ3v) is 10.9. The molecule has 1 spiro atoms. The monoisotopic (exact) mass is 691 g/mol. The third kappa shape index (κ3) is 5.92. The molecule has 7 rings (SSSR count). The molecule has 1 amide bonds. The highest BCUT2D eigenvalue weighted by atomic mass is 16.5. The second kappa shape index (κ2) is 13.3. The lowest BCUT2D eigenvalue weighted by atomic mass is 9.70. The van der Waals surface area contributed by atoms with Crippen LogP contribution in [0.2, 0.25) is 0 Å². The maximum Gasteiger partial charge on any atom is 0.254 e. The minimum absolute atomic E-state index is 0.260. The molecule has 13 nitrogen and oxygen atoms in total. The maximum absolute atomic E-state index is 13.1. The molecule has 0 unspecified atom stereocenters. The summed E-state index contributed by atoms with van der Waals surface area (Å²) in [4.78, 5) is 14.8. The lowest BCUT2D eigenvalue weighted by molar-refractivity contribution is -0.214. The first-order valence-electron chi connectivity index (χ1n) is 16.9. The van der Waals surface area contributed by atoms with E-state index in [1.807, 2.05) is 36.4 Å². The second-order valence-electron chi connectivity index (χ2n) is 14.0. The number of aliphatic hydroxyl groups excluding tert-OH is 8. The van der Waals surface area contributed by atoms with Crippen molar-refractivity contribution in [3.8, 4) is 34.8 Å². The van der Waals surface area contributed by atoms with Crippen LogP contribution in [0.1, 0.15) is 47.9 Å². The van der Waals surface area contributed by atoms with Gasteiger partial charge in [0, 0.05) is 29.6 Å². The SMILES string of the molecule is O=C(N1CCC2(CC1)c1cc(C#C[C@H]3O[C@H](CO)[C@@H](O)[C@H](O)[C@@H]3O)ccc1-c1ccc(C#C[C@H]3O[C@H](CO)[C@@H](O)[C@H](O)[C@@H]3O)cc12)C1(O)CC1. The fraction of sp³-hybridized carbons (Fsp3) is 0.541. The van der Waals surface area contributed by atoms with E-state index in [-0.39, 0.29) is 5.91 Å². The molecule has 3 heterocycles. The topological polar surface area (TPSA) is 221 Å². The molecule has 4 fully saturated rings. The van der Waals surface area contributed by atoms with Gasteiger partial charge in [0.1, 0.15) is 66.6 Å². The van der Waals surface area contributed by atoms with Gasteiger partial charge in [-0.3, -0.25) is 4.79 Å². The molecule has 0 aromatic heterocycles. The van der Waals surface area contributed by atoms with E-state index in [1.54, 1.807) is 4.90 Å². The third-order valence-electron chi connectivity index (χ3n) is 10.9. The first-order valence-corrected chi connectivity index (χ1v) is 16.9. The fourth-order valence-electron chi connectivity index (χ4n) is 7.66. The van der Waals surface area contributed by atoms with Gasteiger partial charge in [0.15, 0.2) is 0 Å². The van der Waals surface area contributed by atoms with Gasteiger partial charge in [0.2, 0.25) is 0 Å². The zero-order chi connectivity index (χ0) is 35.5. The van der Waals surface area contributed by atoms with Crippen LogP contribution in [0.5, 0.6) is 0 Å². The van der Waals surface area contributed by atoms with E-state index < -0.39 is 85.3 Å². The normalized spacial score (nSPS) is 34.9. The van der Waals surface area contributed by atoms with Gasteiger partial charge >= 0.3 is 0 Å². The van der Waals surface area contributed by atoms with E-state index in [0.717, 1.165) is 22.3 Å². The summed E-state index contributed by atoms with van der Waals surface area (Å²) in [6.45, 7) is -0.313. The lowest BCUT2D eigenvalue weighted by Crippen LogP contribution is -2.58. The predicted molar refractivity (Wildman–Crippen MR) is 174 cm³/mol. The molecule has 1 saturated carbocycles. The van der Waals surface area contributed by atoms with Crippen LogP contribution < -0.4 is 0 Å². The van der Waals surface area contributed by atoms with Gasteiger partial charge in [-0.1, -0.05) is 35.8 Å². The molecular formula is C37H41NO12. The molecule has 50 heavy (non-hydrogen) atoms. The number of nitrogens with zero attached hydrogens (tertiary/aromatic N) is 1. The van der Waals surface area contributed by atoms with Crippen LogP contribution in [-0.4, -0.2) is 150 Å². The van der Waals surface area contributed by atoms with Crippen molar-refractivity contribution in [1.29, 1.82) is 0 Å². The zero-order valence-electron chi connectivity index (χ0n) is 27.1. The summed E-state index contributed by atoms with van der Waals surface area (Å²) in [7, 11) is 0. The Hall–Kier alpha value is -3.41. The standard InChI is InChI=1S/C37H41NO12/c39-17-27-31(43)33(45)29(41)25(49-27)7-3-19-1-5-21-22-6-2-20(4-8-26-30(42)34(46)32(44)28(18-40)50-26)16-24(22)36(23(21)15-19)11-13-38(14-12-36)35(47)37(48)9-10-37/h1-2,5-6,15-16,25-34,39-46,48H,9-14,17-18H2/t25-,26-,27-,28-,29-,30-,31-,32-,33-,34-/m1/s1. The van der Waals surface area contributed by atoms with Crippen LogP contribution in [0.15, 0.2) is 36.4 Å². The van der Waals surface area contributed by atoms with Gasteiger partial charge in [-0.15, -0.1) is 0 Å². The average molecular weight is 692 g/mol. The van der Waals surface area contributed by atoms with Crippen molar-refractivity contribution in [2.24, 2.45) is 0 Å². The Balaban J connectivity index is 1.22. The summed E-state index contributed by atoms with van der Waals surface area (Å²) < 4.78 is 11.1. The van der Waals surface area contributed by atoms with Gasteiger partial charge in [-0.25, -0.2) is 0 Å². The number of hydrogen-bond donors (Lipinski definition) is 9. The van der Waals surface area contributed by atoms with Gasteiger partial charge in [0.25, 0.3) is 5.91 Å². The van der Waals surface area contributed by atoms with Crippen LogP contribution in [0.25, 0.3) is 11.1 Å². The minimum Gasteiger partial charge on any atom is -0.394 e. The summed E-state index contributed by atoms with van der Waals surface area (Å²) in [5, 5.41) is 91.3. The predicted octanol–water partition coefficient (Wildman–Crippen LogP) is -2.51. The summed E-state index contributed by atoms with van der Waals surface area (Å²) in [6.07, 6.45) is -11.5. The maximum atomic E-state index is 13.1. The highest BCUT2D eigenvalue weighted by Crippen LogP contribution is 2.55. The second-order valence-corrected chi connectivity index (χ2v) is 14.0. The lowest BCUT2D eigenvalue weighted by Gasteiger charge is -2.41. The number of benzene rings is 2. The van der Waals surface area contributed by atoms with Crippen LogP contribution in [0.3, 0.4) is 0 Å². The van der Waals surface area contributed by atoms with Crippen molar-refractivity contribution >= 4 is 5.91 Å². The van der Waals surface area contributed by atoms with Crippen molar-refractivity contribution in [2.75, 3.05) is 26.3 Å². The molecule has 9 N–H and O–H groups in total. The van der Waals surface area contributed by atoms with Crippen molar-refractivity contribution in [1.82, 2.24) is 4.90 Å². The van der Waals surface area contributed by atoms with E-state index in [9.17, 15) is 50.8 Å². The van der Waals surface area contributed by atoms with E-state index in [0.29, 0.717) is 49.9 Å². The van der Waals surface area contributed by atoms with E-state index in [4.69, 9.17) is 9.47 Å².